The van der Waals surface area contributed by atoms with E-state index in [0.29, 0.717) is 16.9 Å². The van der Waals surface area contributed by atoms with Gasteiger partial charge in [0.15, 0.2) is 5.03 Å². The van der Waals surface area contributed by atoms with Crippen LogP contribution in [0, 0.1) is 11.3 Å². The standard InChI is InChI=1S/C13H12N4O2S/c1-15-12-6-3-7-16-13(12)20(18,19)17-11-5-2-4-10(8-11)9-14/h2-8,15,17H,1H3. The minimum Gasteiger partial charge on any atom is -0.386 e. The molecule has 0 radical (unpaired) electrons. The largest absolute Gasteiger partial charge is 0.386 e. The van der Waals surface area contributed by atoms with Gasteiger partial charge in [0.1, 0.15) is 0 Å². The number of rotatable bonds is 4. The number of sulfonamides is 1. The van der Waals surface area contributed by atoms with E-state index in [1.807, 2.05) is 6.07 Å². The molecule has 1 aromatic carbocycles. The Morgan fingerprint density at radius 3 is 2.75 bits per heavy atom. The highest BCUT2D eigenvalue weighted by Gasteiger charge is 2.19. The monoisotopic (exact) mass is 288 g/mol. The molecule has 2 rings (SSSR count). The van der Waals surface area contributed by atoms with Crippen LogP contribution in [-0.4, -0.2) is 20.4 Å². The minimum atomic E-state index is -3.81. The Kier molecular flexibility index (Phi) is 3.86. The summed E-state index contributed by atoms with van der Waals surface area (Å²) in [7, 11) is -2.20. The van der Waals surface area contributed by atoms with Crippen molar-refractivity contribution in [1.29, 1.82) is 5.26 Å². The van der Waals surface area contributed by atoms with Crippen LogP contribution in [0.3, 0.4) is 0 Å². The average molecular weight is 288 g/mol. The number of hydrogen-bond donors (Lipinski definition) is 2. The molecule has 0 saturated heterocycles. The number of benzene rings is 1. The molecule has 1 heterocycles. The maximum Gasteiger partial charge on any atom is 0.281 e. The lowest BCUT2D eigenvalue weighted by Gasteiger charge is -2.10. The SMILES string of the molecule is CNc1cccnc1S(=O)(=O)Nc1cccc(C#N)c1. The van der Waals surface area contributed by atoms with Gasteiger partial charge in [-0.05, 0) is 30.3 Å². The molecular formula is C13H12N4O2S. The summed E-state index contributed by atoms with van der Waals surface area (Å²) in [6.45, 7) is 0. The van der Waals surface area contributed by atoms with Gasteiger partial charge < -0.3 is 5.32 Å². The second-order valence-corrected chi connectivity index (χ2v) is 5.50. The van der Waals surface area contributed by atoms with Crippen molar-refractivity contribution >= 4 is 21.4 Å². The smallest absolute Gasteiger partial charge is 0.281 e. The van der Waals surface area contributed by atoms with Crippen molar-refractivity contribution in [3.63, 3.8) is 0 Å². The summed E-state index contributed by atoms with van der Waals surface area (Å²) in [5.74, 6) is 0. The van der Waals surface area contributed by atoms with Crippen molar-refractivity contribution in [2.24, 2.45) is 0 Å². The number of nitriles is 1. The molecule has 0 amide bonds. The van der Waals surface area contributed by atoms with Crippen LogP contribution in [0.5, 0.6) is 0 Å². The molecule has 0 aliphatic heterocycles. The Balaban J connectivity index is 2.38. The molecule has 2 N–H and O–H groups in total. The lowest BCUT2D eigenvalue weighted by atomic mass is 10.2. The van der Waals surface area contributed by atoms with Gasteiger partial charge in [-0.25, -0.2) is 4.98 Å². The Bertz CT molecular complexity index is 766. The number of nitrogens with one attached hydrogen (secondary N) is 2. The normalized spacial score (nSPS) is 10.6. The fourth-order valence-corrected chi connectivity index (χ4v) is 2.84. The fourth-order valence-electron chi connectivity index (χ4n) is 1.65. The second kappa shape index (κ2) is 5.59. The van der Waals surface area contributed by atoms with Crippen LogP contribution in [-0.2, 0) is 10.0 Å². The van der Waals surface area contributed by atoms with Gasteiger partial charge in [0.2, 0.25) is 0 Å². The maximum atomic E-state index is 12.3. The minimum absolute atomic E-state index is 0.0927. The van der Waals surface area contributed by atoms with E-state index in [1.54, 1.807) is 37.4 Å². The van der Waals surface area contributed by atoms with E-state index in [2.05, 4.69) is 15.0 Å². The number of anilines is 2. The van der Waals surface area contributed by atoms with Crippen molar-refractivity contribution in [3.8, 4) is 6.07 Å². The van der Waals surface area contributed by atoms with E-state index in [0.717, 1.165) is 0 Å². The Morgan fingerprint density at radius 2 is 2.05 bits per heavy atom. The third-order valence-electron chi connectivity index (χ3n) is 2.54. The fraction of sp³-hybridized carbons (Fsp3) is 0.0769. The Hall–Kier alpha value is -2.59. The topological polar surface area (TPSA) is 94.9 Å². The zero-order valence-corrected chi connectivity index (χ0v) is 11.5. The molecule has 0 atom stereocenters. The first kappa shape index (κ1) is 13.8. The summed E-state index contributed by atoms with van der Waals surface area (Å²) in [6.07, 6.45) is 1.40. The molecule has 7 heteroatoms. The Morgan fingerprint density at radius 1 is 1.25 bits per heavy atom. The summed E-state index contributed by atoms with van der Waals surface area (Å²) in [5.41, 5.74) is 1.09. The molecule has 1 aromatic heterocycles. The first-order valence-corrected chi connectivity index (χ1v) is 7.21. The van der Waals surface area contributed by atoms with Crippen LogP contribution in [0.15, 0.2) is 47.6 Å². The first-order chi connectivity index (χ1) is 9.56. The van der Waals surface area contributed by atoms with Crippen molar-refractivity contribution in [3.05, 3.63) is 48.2 Å². The van der Waals surface area contributed by atoms with Crippen LogP contribution in [0.25, 0.3) is 0 Å². The maximum absolute atomic E-state index is 12.3. The van der Waals surface area contributed by atoms with Crippen molar-refractivity contribution < 1.29 is 8.42 Å². The van der Waals surface area contributed by atoms with E-state index >= 15 is 0 Å². The van der Waals surface area contributed by atoms with E-state index in [4.69, 9.17) is 5.26 Å². The highest BCUT2D eigenvalue weighted by atomic mass is 32.2. The molecule has 0 fully saturated rings. The number of pyridine rings is 1. The summed E-state index contributed by atoms with van der Waals surface area (Å²) in [6, 6.07) is 11.4. The van der Waals surface area contributed by atoms with Gasteiger partial charge in [-0.15, -0.1) is 0 Å². The van der Waals surface area contributed by atoms with Gasteiger partial charge in [-0.1, -0.05) is 6.07 Å². The van der Waals surface area contributed by atoms with Crippen LogP contribution >= 0.6 is 0 Å². The molecule has 0 aliphatic rings. The van der Waals surface area contributed by atoms with Crippen LogP contribution < -0.4 is 10.0 Å². The van der Waals surface area contributed by atoms with Crippen LogP contribution in [0.1, 0.15) is 5.56 Å². The zero-order valence-electron chi connectivity index (χ0n) is 10.7. The van der Waals surface area contributed by atoms with Gasteiger partial charge >= 0.3 is 0 Å². The Labute approximate surface area is 117 Å². The molecule has 20 heavy (non-hydrogen) atoms. The van der Waals surface area contributed by atoms with Gasteiger partial charge in [0, 0.05) is 13.2 Å². The second-order valence-electron chi connectivity index (χ2n) is 3.90. The molecule has 6 nitrogen and oxygen atoms in total. The van der Waals surface area contributed by atoms with E-state index < -0.39 is 10.0 Å². The van der Waals surface area contributed by atoms with Crippen molar-refractivity contribution in [2.75, 3.05) is 17.1 Å². The zero-order chi connectivity index (χ0) is 14.6. The number of hydrogen-bond acceptors (Lipinski definition) is 5. The molecule has 0 bridgehead atoms. The quantitative estimate of drug-likeness (QED) is 0.894. The molecule has 2 aromatic rings. The highest BCUT2D eigenvalue weighted by molar-refractivity contribution is 7.92. The molecular weight excluding hydrogens is 276 g/mol. The third kappa shape index (κ3) is 2.87. The predicted octanol–water partition coefficient (Wildman–Crippen LogP) is 1.80. The third-order valence-corrected chi connectivity index (χ3v) is 3.88. The molecule has 0 aliphatic carbocycles. The predicted molar refractivity (Wildman–Crippen MR) is 75.7 cm³/mol. The van der Waals surface area contributed by atoms with Gasteiger partial charge in [-0.3, -0.25) is 4.72 Å². The average Bonchev–Trinajstić information content (AvgIpc) is 2.47. The van der Waals surface area contributed by atoms with Crippen molar-refractivity contribution in [2.45, 2.75) is 5.03 Å². The first-order valence-electron chi connectivity index (χ1n) is 5.72. The molecule has 102 valence electrons. The van der Waals surface area contributed by atoms with Crippen molar-refractivity contribution in [1.82, 2.24) is 4.98 Å². The van der Waals surface area contributed by atoms with Gasteiger partial charge in [-0.2, -0.15) is 13.7 Å². The lowest BCUT2D eigenvalue weighted by molar-refractivity contribution is 0.598. The summed E-state index contributed by atoms with van der Waals surface area (Å²) in [4.78, 5) is 3.88. The summed E-state index contributed by atoms with van der Waals surface area (Å²) >= 11 is 0. The van der Waals surface area contributed by atoms with E-state index in [-0.39, 0.29) is 5.03 Å². The lowest BCUT2D eigenvalue weighted by Crippen LogP contribution is -2.16. The van der Waals surface area contributed by atoms with E-state index in [9.17, 15) is 8.42 Å². The summed E-state index contributed by atoms with van der Waals surface area (Å²) < 4.78 is 27.0. The molecule has 0 unspecified atom stereocenters. The summed E-state index contributed by atoms with van der Waals surface area (Å²) in [5, 5.41) is 11.5. The van der Waals surface area contributed by atoms with Gasteiger partial charge in [0.05, 0.1) is 23.0 Å². The number of nitrogens with zero attached hydrogens (tertiary/aromatic N) is 2. The highest BCUT2D eigenvalue weighted by Crippen LogP contribution is 2.21. The number of aromatic nitrogens is 1. The van der Waals surface area contributed by atoms with E-state index in [1.165, 1.54) is 12.3 Å². The van der Waals surface area contributed by atoms with Crippen LogP contribution in [0.4, 0.5) is 11.4 Å². The molecule has 0 spiro atoms. The van der Waals surface area contributed by atoms with Gasteiger partial charge in [0.25, 0.3) is 10.0 Å². The van der Waals surface area contributed by atoms with Crippen LogP contribution in [0.2, 0.25) is 0 Å². The molecule has 0 saturated carbocycles.